The number of hydrogen-bond donors (Lipinski definition) is 1. The van der Waals surface area contributed by atoms with Crippen molar-refractivity contribution in [1.82, 2.24) is 5.32 Å². The van der Waals surface area contributed by atoms with Gasteiger partial charge < -0.3 is 9.97 Å². The Kier molecular flexibility index (Phi) is 5.23. The fraction of sp³-hybridized carbons (Fsp3) is 0.167. The summed E-state index contributed by atoms with van der Waals surface area (Å²) in [5.74, 6) is -1.76. The Bertz CT molecular complexity index is 500. The molecule has 0 radical (unpaired) electrons. The summed E-state index contributed by atoms with van der Waals surface area (Å²) in [6, 6.07) is 6.63. The second-order valence-electron chi connectivity index (χ2n) is 3.70. The molecule has 1 aromatic carbocycles. The standard InChI is InChI=1S/C12H12BF2NO3/c1-8-3-5-9(6-4-8)11(17)7-10(16-2)12(18)19-13(14)15/h3-7,16H,1-2H3. The zero-order chi connectivity index (χ0) is 14.4. The lowest BCUT2D eigenvalue weighted by molar-refractivity contribution is -0.132. The maximum absolute atomic E-state index is 11.9. The molecule has 0 aliphatic heterocycles. The van der Waals surface area contributed by atoms with Gasteiger partial charge >= 0.3 is 13.4 Å². The minimum absolute atomic E-state index is 0.328. The first-order valence-electron chi connectivity index (χ1n) is 5.43. The van der Waals surface area contributed by atoms with Crippen LogP contribution in [0.2, 0.25) is 0 Å². The number of allylic oxidation sites excluding steroid dienone is 1. The van der Waals surface area contributed by atoms with Crippen LogP contribution in [0.25, 0.3) is 0 Å². The second-order valence-corrected chi connectivity index (χ2v) is 3.70. The normalized spacial score (nSPS) is 10.8. The average Bonchev–Trinajstić information content (AvgIpc) is 2.35. The number of halogens is 2. The zero-order valence-electron chi connectivity index (χ0n) is 10.4. The van der Waals surface area contributed by atoms with Crippen molar-refractivity contribution in [3.63, 3.8) is 0 Å². The van der Waals surface area contributed by atoms with Crippen molar-refractivity contribution in [2.24, 2.45) is 0 Å². The summed E-state index contributed by atoms with van der Waals surface area (Å²) < 4.78 is 27.5. The number of aryl methyl sites for hydroxylation is 1. The van der Waals surface area contributed by atoms with Gasteiger partial charge in [0.2, 0.25) is 0 Å². The van der Waals surface area contributed by atoms with Crippen LogP contribution >= 0.6 is 0 Å². The van der Waals surface area contributed by atoms with Crippen LogP contribution in [0, 0.1) is 6.92 Å². The Morgan fingerprint density at radius 2 is 1.84 bits per heavy atom. The second kappa shape index (κ2) is 6.68. The highest BCUT2D eigenvalue weighted by molar-refractivity contribution is 6.38. The van der Waals surface area contributed by atoms with Gasteiger partial charge in [0.15, 0.2) is 5.78 Å². The highest BCUT2D eigenvalue weighted by Gasteiger charge is 2.24. The number of rotatable bonds is 5. The monoisotopic (exact) mass is 267 g/mol. The lowest BCUT2D eigenvalue weighted by atomic mass is 10.1. The number of likely N-dealkylation sites (N-methyl/N-ethyl adjacent to an activating group) is 1. The van der Waals surface area contributed by atoms with E-state index in [1.54, 1.807) is 24.3 Å². The van der Waals surface area contributed by atoms with Crippen LogP contribution < -0.4 is 5.32 Å². The molecule has 19 heavy (non-hydrogen) atoms. The molecule has 0 unspecified atom stereocenters. The van der Waals surface area contributed by atoms with Gasteiger partial charge in [-0.15, -0.1) is 0 Å². The van der Waals surface area contributed by atoms with Gasteiger partial charge in [0.25, 0.3) is 0 Å². The van der Waals surface area contributed by atoms with Crippen molar-refractivity contribution in [2.45, 2.75) is 6.92 Å². The zero-order valence-corrected chi connectivity index (χ0v) is 10.4. The Hall–Kier alpha value is -2.18. The first-order valence-corrected chi connectivity index (χ1v) is 5.43. The summed E-state index contributed by atoms with van der Waals surface area (Å²) in [5.41, 5.74) is 1.00. The number of benzene rings is 1. The minimum Gasteiger partial charge on any atom is -0.473 e. The highest BCUT2D eigenvalue weighted by atomic mass is 19.2. The van der Waals surface area contributed by atoms with Gasteiger partial charge in [-0.25, -0.2) is 13.4 Å². The Morgan fingerprint density at radius 1 is 1.26 bits per heavy atom. The van der Waals surface area contributed by atoms with E-state index in [1.807, 2.05) is 6.92 Å². The first kappa shape index (κ1) is 14.9. The lowest BCUT2D eigenvalue weighted by Crippen LogP contribution is -2.23. The summed E-state index contributed by atoms with van der Waals surface area (Å²) >= 11 is 0. The fourth-order valence-corrected chi connectivity index (χ4v) is 1.31. The molecule has 7 heteroatoms. The SMILES string of the molecule is CNC(=CC(=O)c1ccc(C)cc1)C(=O)OB(F)F. The van der Waals surface area contributed by atoms with E-state index in [1.165, 1.54) is 7.05 Å². The molecule has 0 atom stereocenters. The molecule has 0 heterocycles. The fourth-order valence-electron chi connectivity index (χ4n) is 1.31. The van der Waals surface area contributed by atoms with Crippen LogP contribution in [0.4, 0.5) is 8.63 Å². The van der Waals surface area contributed by atoms with E-state index in [0.29, 0.717) is 5.56 Å². The molecular formula is C12H12BF2NO3. The Labute approximate surface area is 109 Å². The number of ketones is 1. The molecule has 0 fully saturated rings. The van der Waals surface area contributed by atoms with Gasteiger partial charge in [0, 0.05) is 18.7 Å². The van der Waals surface area contributed by atoms with Gasteiger partial charge in [0.05, 0.1) is 0 Å². The molecule has 0 aliphatic rings. The first-order chi connectivity index (χ1) is 8.93. The third-order valence-corrected chi connectivity index (χ3v) is 2.30. The van der Waals surface area contributed by atoms with Crippen molar-refractivity contribution in [2.75, 3.05) is 7.05 Å². The predicted octanol–water partition coefficient (Wildman–Crippen LogP) is 1.75. The number of hydrogen-bond acceptors (Lipinski definition) is 4. The average molecular weight is 267 g/mol. The molecule has 0 saturated carbocycles. The van der Waals surface area contributed by atoms with E-state index in [4.69, 9.17) is 0 Å². The quantitative estimate of drug-likeness (QED) is 0.501. The maximum Gasteiger partial charge on any atom is 0.798 e. The summed E-state index contributed by atoms with van der Waals surface area (Å²) in [4.78, 5) is 23.0. The number of carbonyl (C=O) groups is 2. The molecule has 1 rings (SSSR count). The summed E-state index contributed by atoms with van der Waals surface area (Å²) in [5, 5.41) is 2.35. The van der Waals surface area contributed by atoms with Crippen LogP contribution in [0.1, 0.15) is 15.9 Å². The Balaban J connectivity index is 2.88. The maximum atomic E-state index is 11.9. The minimum atomic E-state index is -3.22. The van der Waals surface area contributed by atoms with E-state index in [9.17, 15) is 18.2 Å². The lowest BCUT2D eigenvalue weighted by Gasteiger charge is -2.05. The summed E-state index contributed by atoms with van der Waals surface area (Å²) in [6.07, 6.45) is 0.926. The van der Waals surface area contributed by atoms with Gasteiger partial charge in [0.1, 0.15) is 5.70 Å². The van der Waals surface area contributed by atoms with Crippen molar-refractivity contribution in [3.05, 3.63) is 47.2 Å². The van der Waals surface area contributed by atoms with Gasteiger partial charge in [-0.3, -0.25) is 4.79 Å². The molecule has 4 nitrogen and oxygen atoms in total. The van der Waals surface area contributed by atoms with Gasteiger partial charge in [-0.1, -0.05) is 29.8 Å². The van der Waals surface area contributed by atoms with E-state index >= 15 is 0 Å². The van der Waals surface area contributed by atoms with Crippen LogP contribution in [-0.2, 0) is 9.45 Å². The van der Waals surface area contributed by atoms with Crippen LogP contribution in [-0.4, -0.2) is 26.3 Å². The van der Waals surface area contributed by atoms with Crippen LogP contribution in [0.5, 0.6) is 0 Å². The highest BCUT2D eigenvalue weighted by Crippen LogP contribution is 2.07. The smallest absolute Gasteiger partial charge is 0.473 e. The topological polar surface area (TPSA) is 55.4 Å². The van der Waals surface area contributed by atoms with Crippen LogP contribution in [0.15, 0.2) is 36.0 Å². The van der Waals surface area contributed by atoms with E-state index < -0.39 is 19.2 Å². The van der Waals surface area contributed by atoms with E-state index in [-0.39, 0.29) is 5.70 Å². The van der Waals surface area contributed by atoms with Crippen molar-refractivity contribution in [1.29, 1.82) is 0 Å². The van der Waals surface area contributed by atoms with Crippen molar-refractivity contribution in [3.8, 4) is 0 Å². The molecule has 0 spiro atoms. The van der Waals surface area contributed by atoms with Crippen LogP contribution in [0.3, 0.4) is 0 Å². The largest absolute Gasteiger partial charge is 0.798 e. The molecule has 0 saturated heterocycles. The predicted molar refractivity (Wildman–Crippen MR) is 66.7 cm³/mol. The molecule has 0 amide bonds. The third kappa shape index (κ3) is 4.54. The summed E-state index contributed by atoms with van der Waals surface area (Å²) in [7, 11) is -1.89. The van der Waals surface area contributed by atoms with E-state index in [2.05, 4.69) is 9.97 Å². The third-order valence-electron chi connectivity index (χ3n) is 2.30. The van der Waals surface area contributed by atoms with Gasteiger partial charge in [-0.05, 0) is 6.92 Å². The molecule has 1 aromatic rings. The van der Waals surface area contributed by atoms with E-state index in [0.717, 1.165) is 11.6 Å². The van der Waals surface area contributed by atoms with Crippen molar-refractivity contribution < 1.29 is 22.9 Å². The van der Waals surface area contributed by atoms with Crippen molar-refractivity contribution >= 4 is 19.2 Å². The molecule has 100 valence electrons. The molecule has 0 aliphatic carbocycles. The summed E-state index contributed by atoms with van der Waals surface area (Å²) in [6.45, 7) is 1.86. The molecular weight excluding hydrogens is 255 g/mol. The molecule has 0 bridgehead atoms. The molecule has 0 aromatic heterocycles. The van der Waals surface area contributed by atoms with Gasteiger partial charge in [-0.2, -0.15) is 0 Å². The molecule has 1 N–H and O–H groups in total. The number of nitrogens with one attached hydrogen (secondary N) is 1. The number of carbonyl (C=O) groups excluding carboxylic acids is 2. The Morgan fingerprint density at radius 3 is 2.32 bits per heavy atom.